The van der Waals surface area contributed by atoms with Crippen molar-refractivity contribution in [3.05, 3.63) is 0 Å². The summed E-state index contributed by atoms with van der Waals surface area (Å²) in [5.74, 6) is 0. The van der Waals surface area contributed by atoms with E-state index in [9.17, 15) is 97.0 Å². The summed E-state index contributed by atoms with van der Waals surface area (Å²) in [5, 5.41) is 204. The number of rotatable bonds is 20. The molecule has 0 aromatic heterocycles. The van der Waals surface area contributed by atoms with E-state index in [-0.39, 0.29) is 12.7 Å². The van der Waals surface area contributed by atoms with Gasteiger partial charge >= 0.3 is 0 Å². The summed E-state index contributed by atoms with van der Waals surface area (Å²) in [4.78, 5) is 0. The van der Waals surface area contributed by atoms with Crippen LogP contribution in [0.5, 0.6) is 0 Å². The maximum atomic E-state index is 11.6. The van der Waals surface area contributed by atoms with Crippen molar-refractivity contribution in [2.75, 3.05) is 52.9 Å². The summed E-state index contributed by atoms with van der Waals surface area (Å²) >= 11 is 0. The third kappa shape index (κ3) is 12.4. The average molecular weight is 1060 g/mol. The van der Waals surface area contributed by atoms with Gasteiger partial charge in [-0.2, -0.15) is 0 Å². The van der Waals surface area contributed by atoms with Crippen LogP contribution in [-0.4, -0.2) is 340 Å². The molecule has 19 N–H and O–H groups in total. The first-order valence-electron chi connectivity index (χ1n) is 23.3. The number of aliphatic hydroxyl groups is 19. The fourth-order valence-corrected chi connectivity index (χ4v) is 9.16. The molecule has 0 saturated carbocycles. The van der Waals surface area contributed by atoms with E-state index in [2.05, 4.69) is 0 Å². The van der Waals surface area contributed by atoms with Gasteiger partial charge < -0.3 is 159 Å². The predicted octanol–water partition coefficient (Wildman–Crippen LogP) is -13.3. The van der Waals surface area contributed by atoms with E-state index in [1.54, 1.807) is 0 Å². The van der Waals surface area contributed by atoms with Crippen molar-refractivity contribution in [3.8, 4) is 0 Å². The average Bonchev–Trinajstić information content (AvgIpc) is 4.20. The molecule has 7 saturated heterocycles. The van der Waals surface area contributed by atoms with Crippen LogP contribution in [0.4, 0.5) is 0 Å². The molecule has 0 aromatic carbocycles. The van der Waals surface area contributed by atoms with Crippen LogP contribution >= 0.6 is 0 Å². The zero-order chi connectivity index (χ0) is 52.5. The van der Waals surface area contributed by atoms with Crippen LogP contribution < -0.4 is 0 Å². The summed E-state index contributed by atoms with van der Waals surface area (Å²) < 4.78 is 72.5. The van der Waals surface area contributed by atoms with Gasteiger partial charge in [0, 0.05) is 0 Å². The van der Waals surface area contributed by atoms with Gasteiger partial charge in [0.25, 0.3) is 0 Å². The van der Waals surface area contributed by atoms with E-state index < -0.39 is 224 Å². The van der Waals surface area contributed by atoms with E-state index >= 15 is 0 Å². The minimum absolute atomic E-state index is 0.0273. The summed E-state index contributed by atoms with van der Waals surface area (Å²) in [6.07, 6.45) is -57.0. The Balaban J connectivity index is 1.05. The highest BCUT2D eigenvalue weighted by molar-refractivity contribution is 5.00. The lowest BCUT2D eigenvalue weighted by atomic mass is 9.95. The van der Waals surface area contributed by atoms with Gasteiger partial charge in [0.15, 0.2) is 37.7 Å². The molecule has 0 aromatic rings. The lowest BCUT2D eigenvalue weighted by Crippen LogP contribution is -2.68. The van der Waals surface area contributed by atoms with Crippen LogP contribution in [0.1, 0.15) is 6.42 Å². The topological polar surface area (TPSA) is 508 Å². The van der Waals surface area contributed by atoms with Crippen LogP contribution in [0, 0.1) is 0 Å². The van der Waals surface area contributed by atoms with Crippen molar-refractivity contribution in [1.29, 1.82) is 0 Å². The van der Waals surface area contributed by atoms with Crippen molar-refractivity contribution < 1.29 is 159 Å². The first-order valence-corrected chi connectivity index (χ1v) is 23.3. The Hall–Kier alpha value is -1.28. The SMILES string of the molecule is OC[C@H]1O[C@@H](O[C@@H]2[C@@H](O)[C@H](O[C@@H]3[C@@H](O)[C@H](O[C@@H]4[C@@H](O)[C@H](O[C@@H]5[C@@H](O)[C@H](O[C@@H]6[C@@H](O)[C@H](OCCC7CO7)O[C@H](CO)[C@H]6O)O[C@H](CO)[C@H]5O)O[C@H](CO)[C@H]4O)O[C@H](CO)[C@H]3O)O[C@H](CO)[C@H]2O)[C@H](O)[C@@H](O)[C@@H]1O. The van der Waals surface area contributed by atoms with Gasteiger partial charge in [-0.1, -0.05) is 0 Å². The Kier molecular flexibility index (Phi) is 20.7. The summed E-state index contributed by atoms with van der Waals surface area (Å²) in [7, 11) is 0. The van der Waals surface area contributed by atoms with Crippen molar-refractivity contribution in [2.45, 2.75) is 197 Å². The Morgan fingerprint density at radius 2 is 0.528 bits per heavy atom. The van der Waals surface area contributed by atoms with Gasteiger partial charge in [-0.05, 0) is 6.42 Å². The fraction of sp³-hybridized carbons (Fsp3) is 1.00. The summed E-state index contributed by atoms with van der Waals surface area (Å²) in [5.41, 5.74) is 0. The Morgan fingerprint density at radius 3 is 0.792 bits per heavy atom. The number of ether oxygens (including phenoxy) is 13. The molecular weight excluding hydrogens is 992 g/mol. The number of hydrogen-bond acceptors (Lipinski definition) is 32. The molecule has 7 rings (SSSR count). The minimum atomic E-state index is -2.25. The van der Waals surface area contributed by atoms with Crippen LogP contribution in [0.15, 0.2) is 0 Å². The zero-order valence-corrected chi connectivity index (χ0v) is 38.1. The van der Waals surface area contributed by atoms with E-state index in [1.165, 1.54) is 0 Å². The van der Waals surface area contributed by atoms with Crippen molar-refractivity contribution in [3.63, 3.8) is 0 Å². The molecule has 420 valence electrons. The van der Waals surface area contributed by atoms with Crippen molar-refractivity contribution >= 4 is 0 Å². The molecule has 0 spiro atoms. The number of aliphatic hydroxyl groups excluding tert-OH is 19. The molecule has 0 amide bonds. The third-order valence-corrected chi connectivity index (χ3v) is 13.5. The zero-order valence-electron chi connectivity index (χ0n) is 38.1. The normalized spacial score (nSPS) is 52.3. The standard InChI is InChI=1S/C40H68O32/c41-3-11-17(47)23(53)24(54)36(63-11)68-31-19(49)13(5-43)65-38(26(31)56)70-33-21(51)15(7-45)67-40(28(33)58)72-34-22(52)16(8-46)66-39(29(34)59)71-32-20(50)14(6-44)64-37(27(32)57)69-30-18(48)12(4-42)62-35(25(30)55)60-2-1-10-9-61-10/h10-59H,1-9H2/t10?,11-,12-,13-,14-,15-,16-,17-,18-,19-,20-,21-,22-,23+,24-,25-,26-,27-,28-,29-,30+,31+,32+,33+,34+,35-,36+,37+,38+,39+,40+/m1/s1. The monoisotopic (exact) mass is 1060 g/mol. The van der Waals surface area contributed by atoms with E-state index in [0.29, 0.717) is 13.0 Å². The van der Waals surface area contributed by atoms with E-state index in [0.717, 1.165) is 0 Å². The molecule has 0 bridgehead atoms. The number of hydrogen-bond donors (Lipinski definition) is 19. The van der Waals surface area contributed by atoms with E-state index in [1.807, 2.05) is 0 Å². The molecule has 7 aliphatic rings. The minimum Gasteiger partial charge on any atom is -0.394 e. The molecule has 7 heterocycles. The smallest absolute Gasteiger partial charge is 0.187 e. The number of epoxide rings is 1. The third-order valence-electron chi connectivity index (χ3n) is 13.5. The summed E-state index contributed by atoms with van der Waals surface area (Å²) in [6, 6.07) is 0. The predicted molar refractivity (Wildman–Crippen MR) is 217 cm³/mol. The van der Waals surface area contributed by atoms with E-state index in [4.69, 9.17) is 61.6 Å². The maximum absolute atomic E-state index is 11.6. The Bertz CT molecular complexity index is 1640. The van der Waals surface area contributed by atoms with Gasteiger partial charge in [0.1, 0.15) is 146 Å². The van der Waals surface area contributed by atoms with Gasteiger partial charge in [-0.15, -0.1) is 0 Å². The van der Waals surface area contributed by atoms with Crippen LogP contribution in [0.25, 0.3) is 0 Å². The Labute approximate surface area is 407 Å². The van der Waals surface area contributed by atoms with Gasteiger partial charge in [0.05, 0.1) is 59.0 Å². The Morgan fingerprint density at radius 1 is 0.292 bits per heavy atom. The first-order chi connectivity index (χ1) is 34.3. The van der Waals surface area contributed by atoms with Crippen molar-refractivity contribution in [1.82, 2.24) is 0 Å². The van der Waals surface area contributed by atoms with Crippen LogP contribution in [0.3, 0.4) is 0 Å². The maximum Gasteiger partial charge on any atom is 0.187 e. The molecule has 1 unspecified atom stereocenters. The second kappa shape index (κ2) is 25.5. The van der Waals surface area contributed by atoms with Crippen LogP contribution in [-0.2, 0) is 61.6 Å². The van der Waals surface area contributed by atoms with Gasteiger partial charge in [0.2, 0.25) is 0 Å². The highest BCUT2D eigenvalue weighted by Crippen LogP contribution is 2.37. The molecule has 32 heteroatoms. The highest BCUT2D eigenvalue weighted by Gasteiger charge is 2.58. The molecule has 72 heavy (non-hydrogen) atoms. The molecule has 31 atom stereocenters. The molecule has 32 nitrogen and oxygen atoms in total. The first kappa shape index (κ1) is 58.4. The second-order valence-electron chi connectivity index (χ2n) is 18.3. The largest absolute Gasteiger partial charge is 0.394 e. The molecule has 7 aliphatic heterocycles. The molecule has 0 radical (unpaired) electrons. The van der Waals surface area contributed by atoms with Gasteiger partial charge in [-0.3, -0.25) is 0 Å². The molecule has 0 aliphatic carbocycles. The lowest BCUT2D eigenvalue weighted by molar-refractivity contribution is -0.398. The quantitative estimate of drug-likeness (QED) is 0.0503. The highest BCUT2D eigenvalue weighted by atomic mass is 16.8. The molecule has 7 fully saturated rings. The molecular formula is C40H68O32. The van der Waals surface area contributed by atoms with Gasteiger partial charge in [-0.25, -0.2) is 0 Å². The fourth-order valence-electron chi connectivity index (χ4n) is 9.16. The second-order valence-corrected chi connectivity index (χ2v) is 18.3. The lowest BCUT2D eigenvalue weighted by Gasteiger charge is -2.50. The summed E-state index contributed by atoms with van der Waals surface area (Å²) in [6.45, 7) is -5.14. The van der Waals surface area contributed by atoms with Crippen molar-refractivity contribution in [2.24, 2.45) is 0 Å². The van der Waals surface area contributed by atoms with Crippen LogP contribution in [0.2, 0.25) is 0 Å².